The molecule has 0 aliphatic carbocycles. The van der Waals surface area contributed by atoms with E-state index in [9.17, 15) is 29.9 Å². The third-order valence-corrected chi connectivity index (χ3v) is 2.82. The third-order valence-electron chi connectivity index (χ3n) is 2.82. The normalized spacial score (nSPS) is 13.2. The maximum atomic E-state index is 11.3. The molecule has 0 aliphatic rings. The van der Waals surface area contributed by atoms with Crippen molar-refractivity contribution in [2.45, 2.75) is 25.6 Å². The van der Waals surface area contributed by atoms with Gasteiger partial charge in [-0.05, 0) is 18.6 Å². The van der Waals surface area contributed by atoms with Crippen molar-refractivity contribution >= 4 is 17.6 Å². The average molecular weight is 312 g/mol. The van der Waals surface area contributed by atoms with Crippen molar-refractivity contribution in [2.24, 2.45) is 5.73 Å². The van der Waals surface area contributed by atoms with Gasteiger partial charge in [-0.3, -0.25) is 19.7 Å². The van der Waals surface area contributed by atoms with Crippen molar-refractivity contribution in [1.82, 2.24) is 0 Å². The van der Waals surface area contributed by atoms with Gasteiger partial charge < -0.3 is 20.7 Å². The molecule has 0 bridgehead atoms. The maximum Gasteiger partial charge on any atom is 0.308 e. The first-order valence-electron chi connectivity index (χ1n) is 6.37. The van der Waals surface area contributed by atoms with Gasteiger partial charge in [0.05, 0.1) is 24.1 Å². The van der Waals surface area contributed by atoms with Gasteiger partial charge in [0.25, 0.3) is 5.69 Å². The Kier molecular flexibility index (Phi) is 5.96. The number of esters is 1. The molecule has 0 aliphatic heterocycles. The summed E-state index contributed by atoms with van der Waals surface area (Å²) in [6, 6.07) is 3.07. The van der Waals surface area contributed by atoms with Crippen LogP contribution in [0, 0.1) is 10.1 Å². The molecule has 4 N–H and O–H groups in total. The zero-order valence-electron chi connectivity index (χ0n) is 11.8. The molecule has 0 fully saturated rings. The summed E-state index contributed by atoms with van der Waals surface area (Å²) in [6.45, 7) is 1.70. The van der Waals surface area contributed by atoms with Gasteiger partial charge in [-0.15, -0.1) is 0 Å². The molecule has 1 aromatic carbocycles. The van der Waals surface area contributed by atoms with Crippen LogP contribution in [0.15, 0.2) is 18.2 Å². The second kappa shape index (κ2) is 7.48. The van der Waals surface area contributed by atoms with Gasteiger partial charge in [-0.2, -0.15) is 0 Å². The smallest absolute Gasteiger partial charge is 0.308 e. The number of amides is 1. The first kappa shape index (κ1) is 17.5. The second-order valence-electron chi connectivity index (χ2n) is 4.46. The van der Waals surface area contributed by atoms with Crippen molar-refractivity contribution in [3.63, 3.8) is 0 Å². The number of non-ortho nitro benzene ring substituents is 1. The molecule has 1 amide bonds. The third kappa shape index (κ3) is 4.50. The minimum Gasteiger partial charge on any atom is -0.466 e. The molecule has 1 aromatic rings. The van der Waals surface area contributed by atoms with Crippen LogP contribution in [0.2, 0.25) is 0 Å². The molecule has 2 atom stereocenters. The van der Waals surface area contributed by atoms with E-state index in [1.54, 1.807) is 6.92 Å². The summed E-state index contributed by atoms with van der Waals surface area (Å²) in [4.78, 5) is 32.5. The molecule has 0 saturated carbocycles. The average Bonchev–Trinajstić information content (AvgIpc) is 2.45. The van der Waals surface area contributed by atoms with Gasteiger partial charge in [0, 0.05) is 17.7 Å². The SMILES string of the molecule is CCOC(=O)CC(O)C(O)c1cc(C(N)=O)cc([N+](=O)[O-])c1. The first-order chi connectivity index (χ1) is 10.3. The number of carbonyl (C=O) groups excluding carboxylic acids is 2. The van der Waals surface area contributed by atoms with E-state index in [0.717, 1.165) is 18.2 Å². The quantitative estimate of drug-likeness (QED) is 0.365. The monoisotopic (exact) mass is 312 g/mol. The number of carbonyl (C=O) groups is 2. The number of aliphatic hydroxyl groups excluding tert-OH is 2. The molecule has 0 radical (unpaired) electrons. The molecule has 120 valence electrons. The number of primary amides is 1. The molecule has 9 heteroatoms. The van der Waals surface area contributed by atoms with Crippen LogP contribution >= 0.6 is 0 Å². The fraction of sp³-hybridized carbons (Fsp3) is 0.385. The molecular weight excluding hydrogens is 296 g/mol. The zero-order valence-corrected chi connectivity index (χ0v) is 11.8. The fourth-order valence-electron chi connectivity index (χ4n) is 1.78. The predicted octanol–water partition coefficient (Wildman–Crippen LogP) is 0.0412. The molecule has 22 heavy (non-hydrogen) atoms. The number of nitrogens with two attached hydrogens (primary N) is 1. The fourth-order valence-corrected chi connectivity index (χ4v) is 1.78. The summed E-state index contributed by atoms with van der Waals surface area (Å²) in [6.07, 6.45) is -3.65. The van der Waals surface area contributed by atoms with Crippen molar-refractivity contribution in [3.05, 3.63) is 39.4 Å². The van der Waals surface area contributed by atoms with Crippen molar-refractivity contribution < 1.29 is 29.5 Å². The number of nitro benzene ring substituents is 1. The Balaban J connectivity index is 3.05. The zero-order chi connectivity index (χ0) is 16.9. The maximum absolute atomic E-state index is 11.3. The summed E-state index contributed by atoms with van der Waals surface area (Å²) < 4.78 is 4.63. The predicted molar refractivity (Wildman–Crippen MR) is 73.8 cm³/mol. The topological polar surface area (TPSA) is 153 Å². The number of hydrogen-bond acceptors (Lipinski definition) is 7. The Labute approximate surface area is 125 Å². The molecule has 9 nitrogen and oxygen atoms in total. The first-order valence-corrected chi connectivity index (χ1v) is 6.37. The number of nitro groups is 1. The van der Waals surface area contributed by atoms with Crippen LogP contribution in [0.4, 0.5) is 5.69 Å². The van der Waals surface area contributed by atoms with Crippen LogP contribution < -0.4 is 5.73 Å². The van der Waals surface area contributed by atoms with E-state index in [-0.39, 0.29) is 17.7 Å². The Morgan fingerprint density at radius 2 is 2.00 bits per heavy atom. The lowest BCUT2D eigenvalue weighted by atomic mass is 9.99. The molecular formula is C13H16N2O7. The van der Waals surface area contributed by atoms with Crippen LogP contribution in [0.3, 0.4) is 0 Å². The highest BCUT2D eigenvalue weighted by Crippen LogP contribution is 2.25. The number of aliphatic hydroxyl groups is 2. The van der Waals surface area contributed by atoms with Crippen LogP contribution in [0.1, 0.15) is 35.4 Å². The summed E-state index contributed by atoms with van der Waals surface area (Å²) in [5.74, 6) is -1.65. The van der Waals surface area contributed by atoms with Gasteiger partial charge >= 0.3 is 5.97 Å². The molecule has 0 heterocycles. The summed E-state index contributed by atoms with van der Waals surface area (Å²) in [5.41, 5.74) is 4.32. The lowest BCUT2D eigenvalue weighted by molar-refractivity contribution is -0.385. The summed E-state index contributed by atoms with van der Waals surface area (Å²) in [5, 5.41) is 30.6. The number of hydrogen-bond donors (Lipinski definition) is 3. The lowest BCUT2D eigenvalue weighted by Crippen LogP contribution is -2.23. The van der Waals surface area contributed by atoms with Gasteiger partial charge in [0.1, 0.15) is 6.10 Å². The highest BCUT2D eigenvalue weighted by molar-refractivity contribution is 5.93. The van der Waals surface area contributed by atoms with Crippen LogP contribution in [-0.4, -0.2) is 39.7 Å². The van der Waals surface area contributed by atoms with Gasteiger partial charge in [0.15, 0.2) is 0 Å². The molecule has 0 aromatic heterocycles. The van der Waals surface area contributed by atoms with Gasteiger partial charge in [-0.1, -0.05) is 0 Å². The highest BCUT2D eigenvalue weighted by atomic mass is 16.6. The molecule has 0 saturated heterocycles. The molecule has 1 rings (SSSR count). The van der Waals surface area contributed by atoms with Crippen LogP contribution in [0.5, 0.6) is 0 Å². The van der Waals surface area contributed by atoms with Crippen LogP contribution in [-0.2, 0) is 9.53 Å². The van der Waals surface area contributed by atoms with E-state index in [2.05, 4.69) is 4.74 Å². The minimum absolute atomic E-state index is 0.0974. The summed E-state index contributed by atoms with van der Waals surface area (Å²) in [7, 11) is 0. The van der Waals surface area contributed by atoms with Crippen molar-refractivity contribution in [2.75, 3.05) is 6.61 Å². The van der Waals surface area contributed by atoms with Crippen molar-refractivity contribution in [1.29, 1.82) is 0 Å². The Morgan fingerprint density at radius 1 is 1.36 bits per heavy atom. The largest absolute Gasteiger partial charge is 0.466 e. The number of ether oxygens (including phenoxy) is 1. The van der Waals surface area contributed by atoms with Crippen molar-refractivity contribution in [3.8, 4) is 0 Å². The van der Waals surface area contributed by atoms with Gasteiger partial charge in [-0.25, -0.2) is 0 Å². The van der Waals surface area contributed by atoms with E-state index in [1.807, 2.05) is 0 Å². The number of nitrogens with zero attached hydrogens (tertiary/aromatic N) is 1. The van der Waals surface area contributed by atoms with E-state index in [4.69, 9.17) is 5.73 Å². The highest BCUT2D eigenvalue weighted by Gasteiger charge is 2.25. The van der Waals surface area contributed by atoms with E-state index in [1.165, 1.54) is 0 Å². The Hall–Kier alpha value is -2.52. The van der Waals surface area contributed by atoms with E-state index in [0.29, 0.717) is 0 Å². The Morgan fingerprint density at radius 3 is 2.50 bits per heavy atom. The molecule has 0 spiro atoms. The molecule has 2 unspecified atom stereocenters. The summed E-state index contributed by atoms with van der Waals surface area (Å²) >= 11 is 0. The lowest BCUT2D eigenvalue weighted by Gasteiger charge is -2.17. The minimum atomic E-state index is -1.61. The number of rotatable bonds is 7. The van der Waals surface area contributed by atoms with Crippen LogP contribution in [0.25, 0.3) is 0 Å². The van der Waals surface area contributed by atoms with E-state index < -0.39 is 41.1 Å². The Bertz CT molecular complexity index is 556. The standard InChI is InChI=1S/C13H16N2O7/c1-2-22-11(17)6-10(16)12(18)7-3-8(13(14)19)5-9(4-7)15(20)21/h3-5,10,12,16,18H,2,6H2,1H3,(H2,14,19). The number of benzene rings is 1. The van der Waals surface area contributed by atoms with E-state index >= 15 is 0 Å². The second-order valence-corrected chi connectivity index (χ2v) is 4.46. The van der Waals surface area contributed by atoms with Gasteiger partial charge in [0.2, 0.25) is 5.91 Å².